The van der Waals surface area contributed by atoms with Gasteiger partial charge in [-0.2, -0.15) is 18.3 Å². The van der Waals surface area contributed by atoms with E-state index >= 15 is 0 Å². The van der Waals surface area contributed by atoms with Crippen molar-refractivity contribution in [3.05, 3.63) is 35.1 Å². The van der Waals surface area contributed by atoms with E-state index in [4.69, 9.17) is 0 Å². The molecule has 0 amide bonds. The Balaban J connectivity index is 2.05. The molecular weight excluding hydrogens is 303 g/mol. The van der Waals surface area contributed by atoms with Crippen molar-refractivity contribution in [2.24, 2.45) is 0 Å². The second-order valence-corrected chi connectivity index (χ2v) is 5.33. The van der Waals surface area contributed by atoms with Crippen LogP contribution in [-0.2, 0) is 6.18 Å². The Bertz CT molecular complexity index is 763. The van der Waals surface area contributed by atoms with Crippen LogP contribution in [0.2, 0.25) is 0 Å². The molecule has 0 aliphatic rings. The van der Waals surface area contributed by atoms with Gasteiger partial charge >= 0.3 is 6.18 Å². The molecule has 0 bridgehead atoms. The molecular formula is C12H8F3N5S. The first kappa shape index (κ1) is 13.7. The van der Waals surface area contributed by atoms with Crippen molar-refractivity contribution in [3.8, 4) is 22.2 Å². The Morgan fingerprint density at radius 3 is 2.67 bits per heavy atom. The summed E-state index contributed by atoms with van der Waals surface area (Å²) in [5.74, 6) is 0.276. The predicted octanol–water partition coefficient (Wildman–Crippen LogP) is 3.32. The summed E-state index contributed by atoms with van der Waals surface area (Å²) in [4.78, 5) is 11.6. The lowest BCUT2D eigenvalue weighted by molar-refractivity contribution is -0.140. The minimum absolute atomic E-state index is 0.0357. The van der Waals surface area contributed by atoms with E-state index in [1.165, 1.54) is 6.92 Å². The average Bonchev–Trinajstić information content (AvgIpc) is 3.05. The lowest BCUT2D eigenvalue weighted by Crippen LogP contribution is -2.07. The minimum Gasteiger partial charge on any atom is -0.258 e. The summed E-state index contributed by atoms with van der Waals surface area (Å²) in [6.45, 7) is 1.51. The molecule has 0 spiro atoms. The molecule has 0 saturated carbocycles. The molecule has 3 heterocycles. The summed E-state index contributed by atoms with van der Waals surface area (Å²) in [5, 5.41) is 6.74. The van der Waals surface area contributed by atoms with Gasteiger partial charge in [-0.3, -0.25) is 10.1 Å². The average molecular weight is 311 g/mol. The fraction of sp³-hybridized carbons (Fsp3) is 0.167. The second-order valence-electron chi connectivity index (χ2n) is 4.13. The molecule has 9 heteroatoms. The van der Waals surface area contributed by atoms with Crippen molar-refractivity contribution in [2.75, 3.05) is 0 Å². The SMILES string of the molecule is Cc1nc(C(F)(F)F)c(-c2nc(-c3ccccn3)n[nH]2)s1. The van der Waals surface area contributed by atoms with E-state index in [9.17, 15) is 13.2 Å². The fourth-order valence-corrected chi connectivity index (χ4v) is 2.63. The summed E-state index contributed by atoms with van der Waals surface area (Å²) in [5.41, 5.74) is -0.469. The summed E-state index contributed by atoms with van der Waals surface area (Å²) >= 11 is 0.918. The van der Waals surface area contributed by atoms with Gasteiger partial charge in [0.15, 0.2) is 17.3 Å². The molecule has 1 N–H and O–H groups in total. The van der Waals surface area contributed by atoms with Gasteiger partial charge in [-0.05, 0) is 19.1 Å². The number of aromatic nitrogens is 5. The van der Waals surface area contributed by atoms with Gasteiger partial charge in [-0.1, -0.05) is 6.07 Å². The maximum absolute atomic E-state index is 12.9. The maximum Gasteiger partial charge on any atom is 0.434 e. The van der Waals surface area contributed by atoms with Gasteiger partial charge in [0, 0.05) is 6.20 Å². The second kappa shape index (κ2) is 4.92. The highest BCUT2D eigenvalue weighted by atomic mass is 32.1. The van der Waals surface area contributed by atoms with Gasteiger partial charge in [-0.15, -0.1) is 11.3 Å². The minimum atomic E-state index is -4.53. The van der Waals surface area contributed by atoms with Crippen LogP contribution in [0.15, 0.2) is 24.4 Å². The van der Waals surface area contributed by atoms with Crippen LogP contribution < -0.4 is 0 Å². The zero-order valence-electron chi connectivity index (χ0n) is 10.6. The third-order valence-corrected chi connectivity index (χ3v) is 3.57. The van der Waals surface area contributed by atoms with Crippen molar-refractivity contribution in [3.63, 3.8) is 0 Å². The molecule has 3 aromatic rings. The molecule has 0 aromatic carbocycles. The zero-order valence-corrected chi connectivity index (χ0v) is 11.5. The number of pyridine rings is 1. The van der Waals surface area contributed by atoms with E-state index in [-0.39, 0.29) is 16.5 Å². The van der Waals surface area contributed by atoms with Crippen LogP contribution in [0.4, 0.5) is 13.2 Å². The number of nitrogens with one attached hydrogen (secondary N) is 1. The molecule has 3 rings (SSSR count). The Labute approximate surface area is 120 Å². The smallest absolute Gasteiger partial charge is 0.258 e. The van der Waals surface area contributed by atoms with Gasteiger partial charge in [0.25, 0.3) is 0 Å². The van der Waals surface area contributed by atoms with Crippen molar-refractivity contribution >= 4 is 11.3 Å². The van der Waals surface area contributed by atoms with Crippen molar-refractivity contribution in [1.29, 1.82) is 0 Å². The molecule has 21 heavy (non-hydrogen) atoms. The van der Waals surface area contributed by atoms with E-state index in [2.05, 4.69) is 25.1 Å². The third kappa shape index (κ3) is 2.64. The van der Waals surface area contributed by atoms with Crippen molar-refractivity contribution < 1.29 is 13.2 Å². The maximum atomic E-state index is 12.9. The number of hydrogen-bond acceptors (Lipinski definition) is 5. The molecule has 0 aliphatic heterocycles. The standard InChI is InChI=1S/C12H8F3N5S/c1-6-17-9(12(13,14)15)8(21-6)11-18-10(19-20-11)7-4-2-3-5-16-7/h2-5H,1H3,(H,18,19,20). The van der Waals surface area contributed by atoms with Gasteiger partial charge in [-0.25, -0.2) is 9.97 Å². The van der Waals surface area contributed by atoms with E-state index in [0.29, 0.717) is 10.7 Å². The number of aryl methyl sites for hydroxylation is 1. The topological polar surface area (TPSA) is 67.3 Å². The van der Waals surface area contributed by atoms with Crippen LogP contribution in [0.1, 0.15) is 10.7 Å². The normalized spacial score (nSPS) is 11.8. The molecule has 0 radical (unpaired) electrons. The summed E-state index contributed by atoms with van der Waals surface area (Å²) in [6, 6.07) is 5.15. The first-order valence-electron chi connectivity index (χ1n) is 5.84. The lowest BCUT2D eigenvalue weighted by Gasteiger charge is -2.03. The van der Waals surface area contributed by atoms with Gasteiger partial charge in [0.2, 0.25) is 0 Å². The summed E-state index contributed by atoms with van der Waals surface area (Å²) in [7, 11) is 0. The van der Waals surface area contributed by atoms with Gasteiger partial charge in [0.1, 0.15) is 10.6 Å². The molecule has 0 unspecified atom stereocenters. The zero-order chi connectivity index (χ0) is 15.0. The van der Waals surface area contributed by atoms with E-state index in [1.54, 1.807) is 24.4 Å². The summed E-state index contributed by atoms with van der Waals surface area (Å²) in [6.07, 6.45) is -2.97. The lowest BCUT2D eigenvalue weighted by atomic mass is 10.3. The summed E-state index contributed by atoms with van der Waals surface area (Å²) < 4.78 is 38.8. The Morgan fingerprint density at radius 1 is 1.19 bits per heavy atom. The molecule has 5 nitrogen and oxygen atoms in total. The molecule has 108 valence electrons. The number of aromatic amines is 1. The molecule has 0 saturated heterocycles. The number of hydrogen-bond donors (Lipinski definition) is 1. The highest BCUT2D eigenvalue weighted by Crippen LogP contribution is 2.39. The fourth-order valence-electron chi connectivity index (χ4n) is 1.75. The van der Waals surface area contributed by atoms with Crippen LogP contribution in [0.25, 0.3) is 22.2 Å². The number of halogens is 3. The van der Waals surface area contributed by atoms with Gasteiger partial charge in [0.05, 0.1) is 5.01 Å². The van der Waals surface area contributed by atoms with Crippen LogP contribution >= 0.6 is 11.3 Å². The third-order valence-electron chi connectivity index (χ3n) is 2.60. The number of alkyl halides is 3. The molecule has 3 aromatic heterocycles. The number of thiazole rings is 1. The largest absolute Gasteiger partial charge is 0.434 e. The Hall–Kier alpha value is -2.29. The van der Waals surface area contributed by atoms with Crippen LogP contribution in [-0.4, -0.2) is 25.1 Å². The molecule has 0 aliphatic carbocycles. The molecule has 0 atom stereocenters. The Kier molecular flexibility index (Phi) is 3.20. The molecule has 0 fully saturated rings. The number of H-pyrrole nitrogens is 1. The van der Waals surface area contributed by atoms with E-state index in [0.717, 1.165) is 11.3 Å². The predicted molar refractivity (Wildman–Crippen MR) is 70.5 cm³/mol. The van der Waals surface area contributed by atoms with Gasteiger partial charge < -0.3 is 0 Å². The monoisotopic (exact) mass is 311 g/mol. The quantitative estimate of drug-likeness (QED) is 0.788. The van der Waals surface area contributed by atoms with E-state index in [1.807, 2.05) is 0 Å². The van der Waals surface area contributed by atoms with Crippen molar-refractivity contribution in [1.82, 2.24) is 25.1 Å². The van der Waals surface area contributed by atoms with Crippen molar-refractivity contribution in [2.45, 2.75) is 13.1 Å². The Morgan fingerprint density at radius 2 is 2.00 bits per heavy atom. The van der Waals surface area contributed by atoms with Crippen LogP contribution in [0.3, 0.4) is 0 Å². The van der Waals surface area contributed by atoms with Crippen LogP contribution in [0, 0.1) is 6.92 Å². The first-order chi connectivity index (χ1) is 9.95. The highest BCUT2D eigenvalue weighted by molar-refractivity contribution is 7.15. The number of nitrogens with zero attached hydrogens (tertiary/aromatic N) is 4. The number of rotatable bonds is 2. The highest BCUT2D eigenvalue weighted by Gasteiger charge is 2.38. The van der Waals surface area contributed by atoms with E-state index < -0.39 is 11.9 Å². The van der Waals surface area contributed by atoms with Crippen LogP contribution in [0.5, 0.6) is 0 Å². The first-order valence-corrected chi connectivity index (χ1v) is 6.65.